The van der Waals surface area contributed by atoms with Crippen molar-refractivity contribution in [2.24, 2.45) is 5.92 Å². The molecule has 0 aliphatic carbocycles. The Balaban J connectivity index is 1.84. The summed E-state index contributed by atoms with van der Waals surface area (Å²) >= 11 is 0. The van der Waals surface area contributed by atoms with E-state index in [9.17, 15) is 14.0 Å². The lowest BCUT2D eigenvalue weighted by Gasteiger charge is -2.31. The lowest BCUT2D eigenvalue weighted by atomic mass is 9.97. The van der Waals surface area contributed by atoms with Crippen LogP contribution in [0.2, 0.25) is 0 Å². The first-order valence-corrected chi connectivity index (χ1v) is 9.33. The van der Waals surface area contributed by atoms with Gasteiger partial charge in [0.15, 0.2) is 0 Å². The summed E-state index contributed by atoms with van der Waals surface area (Å²) in [7, 11) is 0. The predicted molar refractivity (Wildman–Crippen MR) is 100 cm³/mol. The van der Waals surface area contributed by atoms with E-state index in [0.29, 0.717) is 25.3 Å². The number of hydrogen-bond donors (Lipinski definition) is 0. The third-order valence-electron chi connectivity index (χ3n) is 5.07. The number of ether oxygens (including phenoxy) is 1. The Labute approximate surface area is 158 Å². The van der Waals surface area contributed by atoms with Crippen LogP contribution in [0.3, 0.4) is 0 Å². The van der Waals surface area contributed by atoms with Crippen molar-refractivity contribution in [1.82, 2.24) is 9.47 Å². The highest BCUT2D eigenvalue weighted by Crippen LogP contribution is 2.25. The molecule has 1 amide bonds. The minimum Gasteiger partial charge on any atom is -0.466 e. The highest BCUT2D eigenvalue weighted by molar-refractivity contribution is 5.96. The van der Waals surface area contributed by atoms with E-state index in [-0.39, 0.29) is 23.6 Å². The Kier molecular flexibility index (Phi) is 5.63. The second-order valence-electron chi connectivity index (χ2n) is 6.94. The first-order chi connectivity index (χ1) is 12.9. The zero-order valence-electron chi connectivity index (χ0n) is 16.0. The number of carbonyl (C=O) groups excluding carboxylic acids is 2. The van der Waals surface area contributed by atoms with E-state index in [0.717, 1.165) is 29.9 Å². The Hall–Kier alpha value is -2.63. The molecule has 144 valence electrons. The maximum Gasteiger partial charge on any atom is 0.310 e. The molecular formula is C21H25FN2O3. The van der Waals surface area contributed by atoms with Crippen molar-refractivity contribution in [3.63, 3.8) is 0 Å². The van der Waals surface area contributed by atoms with Crippen molar-refractivity contribution < 1.29 is 18.7 Å². The molecule has 3 rings (SSSR count). The van der Waals surface area contributed by atoms with E-state index in [1.165, 1.54) is 12.1 Å². The summed E-state index contributed by atoms with van der Waals surface area (Å²) in [5, 5.41) is 0. The van der Waals surface area contributed by atoms with Crippen molar-refractivity contribution in [3.05, 3.63) is 53.1 Å². The Morgan fingerprint density at radius 2 is 1.93 bits per heavy atom. The Bertz CT molecular complexity index is 842. The summed E-state index contributed by atoms with van der Waals surface area (Å²) < 4.78 is 20.3. The second-order valence-corrected chi connectivity index (χ2v) is 6.94. The van der Waals surface area contributed by atoms with Crippen molar-refractivity contribution in [1.29, 1.82) is 0 Å². The number of amides is 1. The quantitative estimate of drug-likeness (QED) is 0.770. The highest BCUT2D eigenvalue weighted by atomic mass is 19.1. The van der Waals surface area contributed by atoms with Gasteiger partial charge in [0.2, 0.25) is 0 Å². The number of carbonyl (C=O) groups is 2. The lowest BCUT2D eigenvalue weighted by molar-refractivity contribution is -0.149. The first kappa shape index (κ1) is 19.1. The van der Waals surface area contributed by atoms with Gasteiger partial charge in [-0.2, -0.15) is 0 Å². The number of aryl methyl sites for hydroxylation is 1. The highest BCUT2D eigenvalue weighted by Gasteiger charge is 2.31. The van der Waals surface area contributed by atoms with Crippen LogP contribution >= 0.6 is 0 Å². The topological polar surface area (TPSA) is 51.5 Å². The predicted octanol–water partition coefficient (Wildman–Crippen LogP) is 3.65. The van der Waals surface area contributed by atoms with Gasteiger partial charge in [-0.1, -0.05) is 0 Å². The van der Waals surface area contributed by atoms with Crippen molar-refractivity contribution in [2.45, 2.75) is 33.6 Å². The van der Waals surface area contributed by atoms with Crippen molar-refractivity contribution >= 4 is 11.9 Å². The fraction of sp³-hybridized carbons (Fsp3) is 0.429. The molecule has 27 heavy (non-hydrogen) atoms. The molecule has 1 aliphatic rings. The first-order valence-electron chi connectivity index (χ1n) is 9.33. The molecule has 6 heteroatoms. The van der Waals surface area contributed by atoms with Gasteiger partial charge in [0.1, 0.15) is 5.82 Å². The fourth-order valence-electron chi connectivity index (χ4n) is 3.75. The van der Waals surface area contributed by atoms with Crippen LogP contribution in [0.5, 0.6) is 0 Å². The van der Waals surface area contributed by atoms with Gasteiger partial charge in [-0.15, -0.1) is 0 Å². The molecule has 1 fully saturated rings. The summed E-state index contributed by atoms with van der Waals surface area (Å²) in [6.45, 7) is 6.96. The Morgan fingerprint density at radius 1 is 1.22 bits per heavy atom. The van der Waals surface area contributed by atoms with Gasteiger partial charge in [0, 0.05) is 30.2 Å². The van der Waals surface area contributed by atoms with Gasteiger partial charge in [0.05, 0.1) is 18.1 Å². The van der Waals surface area contributed by atoms with E-state index in [1.807, 2.05) is 24.5 Å². The van der Waals surface area contributed by atoms with Gasteiger partial charge in [-0.25, -0.2) is 4.39 Å². The molecule has 1 atom stereocenters. The lowest BCUT2D eigenvalue weighted by Crippen LogP contribution is -2.43. The number of nitrogens with zero attached hydrogens (tertiary/aromatic N) is 2. The standard InChI is InChI=1S/C21H25FN2O3/c1-4-27-21(26)16-6-5-11-23(13-16)20(25)19-12-14(2)24(15(19)3)18-9-7-17(22)8-10-18/h7-10,12,16H,4-6,11,13H2,1-3H3/t16-/m0/s1. The van der Waals surface area contributed by atoms with Crippen LogP contribution in [0.15, 0.2) is 30.3 Å². The summed E-state index contributed by atoms with van der Waals surface area (Å²) in [5.74, 6) is -0.865. The number of likely N-dealkylation sites (tertiary alicyclic amines) is 1. The Morgan fingerprint density at radius 3 is 2.59 bits per heavy atom. The van der Waals surface area contributed by atoms with Gasteiger partial charge in [0.25, 0.3) is 5.91 Å². The summed E-state index contributed by atoms with van der Waals surface area (Å²) in [6, 6.07) is 8.06. The van der Waals surface area contributed by atoms with Crippen molar-refractivity contribution in [3.8, 4) is 5.69 Å². The number of benzene rings is 1. The summed E-state index contributed by atoms with van der Waals surface area (Å²) in [5.41, 5.74) is 3.14. The van der Waals surface area contributed by atoms with Crippen LogP contribution in [-0.4, -0.2) is 41.0 Å². The molecule has 0 saturated carbocycles. The van der Waals surface area contributed by atoms with Crippen LogP contribution in [0.4, 0.5) is 4.39 Å². The van der Waals surface area contributed by atoms with Gasteiger partial charge in [-0.3, -0.25) is 9.59 Å². The second kappa shape index (κ2) is 7.94. The molecule has 0 radical (unpaired) electrons. The molecule has 0 spiro atoms. The van der Waals surface area contributed by atoms with E-state index in [2.05, 4.69) is 0 Å². The molecule has 1 saturated heterocycles. The molecule has 1 aromatic carbocycles. The molecule has 0 bridgehead atoms. The zero-order chi connectivity index (χ0) is 19.6. The third-order valence-corrected chi connectivity index (χ3v) is 5.07. The van der Waals surface area contributed by atoms with Crippen LogP contribution < -0.4 is 0 Å². The molecular weight excluding hydrogens is 347 g/mol. The van der Waals surface area contributed by atoms with Gasteiger partial charge in [-0.05, 0) is 63.9 Å². The van der Waals surface area contributed by atoms with E-state index < -0.39 is 0 Å². The van der Waals surface area contributed by atoms with Gasteiger partial charge >= 0.3 is 5.97 Å². The zero-order valence-corrected chi connectivity index (χ0v) is 16.0. The maximum absolute atomic E-state index is 13.2. The SMILES string of the molecule is CCOC(=O)[C@H]1CCCN(C(=O)c2cc(C)n(-c3ccc(F)cc3)c2C)C1. The molecule has 0 N–H and O–H groups in total. The van der Waals surface area contributed by atoms with Crippen LogP contribution in [0.1, 0.15) is 41.5 Å². The van der Waals surface area contributed by atoms with E-state index >= 15 is 0 Å². The largest absolute Gasteiger partial charge is 0.466 e. The van der Waals surface area contributed by atoms with Crippen LogP contribution in [0.25, 0.3) is 5.69 Å². The number of rotatable bonds is 4. The maximum atomic E-state index is 13.2. The molecule has 2 heterocycles. The molecule has 1 aliphatic heterocycles. The molecule has 1 aromatic heterocycles. The number of halogens is 1. The third kappa shape index (κ3) is 3.89. The summed E-state index contributed by atoms with van der Waals surface area (Å²) in [6.07, 6.45) is 1.53. The molecule has 5 nitrogen and oxygen atoms in total. The number of esters is 1. The average Bonchev–Trinajstić information content (AvgIpc) is 2.96. The normalized spacial score (nSPS) is 17.0. The molecule has 0 unspecified atom stereocenters. The average molecular weight is 372 g/mol. The summed E-state index contributed by atoms with van der Waals surface area (Å²) in [4.78, 5) is 26.9. The monoisotopic (exact) mass is 372 g/mol. The van der Waals surface area contributed by atoms with Crippen LogP contribution in [-0.2, 0) is 9.53 Å². The minimum absolute atomic E-state index is 0.0783. The fourth-order valence-corrected chi connectivity index (χ4v) is 3.75. The van der Waals surface area contributed by atoms with E-state index in [1.54, 1.807) is 24.0 Å². The van der Waals surface area contributed by atoms with Crippen LogP contribution in [0, 0.1) is 25.6 Å². The van der Waals surface area contributed by atoms with Crippen molar-refractivity contribution in [2.75, 3.05) is 19.7 Å². The smallest absolute Gasteiger partial charge is 0.310 e. The number of piperidine rings is 1. The minimum atomic E-state index is -0.296. The van der Waals surface area contributed by atoms with E-state index in [4.69, 9.17) is 4.74 Å². The number of aromatic nitrogens is 1. The van der Waals surface area contributed by atoms with Gasteiger partial charge < -0.3 is 14.2 Å². The number of hydrogen-bond acceptors (Lipinski definition) is 3. The molecule has 2 aromatic rings.